The lowest BCUT2D eigenvalue weighted by atomic mass is 10.4. The average molecular weight is 228 g/mol. The van der Waals surface area contributed by atoms with Gasteiger partial charge in [0, 0.05) is 6.92 Å². The zero-order valence-corrected chi connectivity index (χ0v) is 9.04. The summed E-state index contributed by atoms with van der Waals surface area (Å²) in [6.45, 7) is 1.21. The molecule has 0 aliphatic heterocycles. The molecule has 0 spiro atoms. The van der Waals surface area contributed by atoms with E-state index in [0.717, 1.165) is 0 Å². The third-order valence-corrected chi connectivity index (χ3v) is 3.07. The second-order valence-corrected chi connectivity index (χ2v) is 4.64. The smallest absolute Gasteiger partial charge is 0.242 e. The predicted octanol–water partition coefficient (Wildman–Crippen LogP) is 0.0585. The molecule has 1 amide bonds. The summed E-state index contributed by atoms with van der Waals surface area (Å²) in [6.07, 6.45) is 0. The van der Waals surface area contributed by atoms with Crippen molar-refractivity contribution in [2.24, 2.45) is 0 Å². The predicted molar refractivity (Wildman–Crippen MR) is 55.4 cm³/mol. The van der Waals surface area contributed by atoms with E-state index in [4.69, 9.17) is 0 Å². The Balaban J connectivity index is 2.65. The molecule has 0 saturated heterocycles. The van der Waals surface area contributed by atoms with Crippen LogP contribution >= 0.6 is 0 Å². The number of carbonyl (C=O) groups excluding carboxylic acids is 1. The van der Waals surface area contributed by atoms with Crippen molar-refractivity contribution in [1.82, 2.24) is 10.0 Å². The van der Waals surface area contributed by atoms with Crippen LogP contribution in [0, 0.1) is 0 Å². The van der Waals surface area contributed by atoms with Gasteiger partial charge >= 0.3 is 0 Å². The highest BCUT2D eigenvalue weighted by Crippen LogP contribution is 2.05. The minimum atomic E-state index is -3.52. The van der Waals surface area contributed by atoms with E-state index in [0.29, 0.717) is 0 Å². The highest BCUT2D eigenvalue weighted by Gasteiger charge is 2.11. The van der Waals surface area contributed by atoms with Gasteiger partial charge in [0.2, 0.25) is 15.9 Å². The summed E-state index contributed by atoms with van der Waals surface area (Å²) in [5.41, 5.74) is 0. The molecule has 5 nitrogen and oxygen atoms in total. The van der Waals surface area contributed by atoms with Crippen molar-refractivity contribution in [2.45, 2.75) is 11.8 Å². The van der Waals surface area contributed by atoms with E-state index >= 15 is 0 Å². The van der Waals surface area contributed by atoms with Gasteiger partial charge in [-0.15, -0.1) is 0 Å². The van der Waals surface area contributed by atoms with Crippen LogP contribution in [0.15, 0.2) is 35.2 Å². The van der Waals surface area contributed by atoms with Crippen molar-refractivity contribution in [3.8, 4) is 0 Å². The maximum Gasteiger partial charge on any atom is 0.242 e. The fourth-order valence-electron chi connectivity index (χ4n) is 0.939. The minimum Gasteiger partial charge on any atom is -0.343 e. The number of nitrogens with one attached hydrogen (secondary N) is 2. The molecule has 82 valence electrons. The van der Waals surface area contributed by atoms with E-state index in [1.54, 1.807) is 18.2 Å². The van der Waals surface area contributed by atoms with E-state index in [-0.39, 0.29) is 17.5 Å². The number of carbonyl (C=O) groups is 1. The first-order valence-electron chi connectivity index (χ1n) is 4.31. The number of sulfonamides is 1. The van der Waals surface area contributed by atoms with Crippen LogP contribution in [0.5, 0.6) is 0 Å². The lowest BCUT2D eigenvalue weighted by molar-refractivity contribution is -0.118. The molecule has 0 aromatic heterocycles. The van der Waals surface area contributed by atoms with Crippen molar-refractivity contribution >= 4 is 15.9 Å². The summed E-state index contributed by atoms with van der Waals surface area (Å²) >= 11 is 0. The molecule has 0 fully saturated rings. The molecule has 0 aliphatic rings. The average Bonchev–Trinajstić information content (AvgIpc) is 2.18. The quantitative estimate of drug-likeness (QED) is 0.715. The summed E-state index contributed by atoms with van der Waals surface area (Å²) in [5.74, 6) is -0.286. The number of hydrogen-bond donors (Lipinski definition) is 2. The van der Waals surface area contributed by atoms with E-state index < -0.39 is 10.0 Å². The van der Waals surface area contributed by atoms with Crippen LogP contribution < -0.4 is 10.0 Å². The fourth-order valence-corrected chi connectivity index (χ4v) is 1.88. The van der Waals surface area contributed by atoms with Crippen LogP contribution in [0.1, 0.15) is 6.92 Å². The fraction of sp³-hybridized carbons (Fsp3) is 0.222. The summed E-state index contributed by atoms with van der Waals surface area (Å²) in [7, 11) is -3.52. The van der Waals surface area contributed by atoms with Crippen molar-refractivity contribution in [3.63, 3.8) is 0 Å². The van der Waals surface area contributed by atoms with Crippen LogP contribution in [0.2, 0.25) is 0 Å². The maximum atomic E-state index is 11.6. The highest BCUT2D eigenvalue weighted by molar-refractivity contribution is 7.89. The normalized spacial score (nSPS) is 11.0. The van der Waals surface area contributed by atoms with E-state index in [1.807, 2.05) is 0 Å². The monoisotopic (exact) mass is 228 g/mol. The Kier molecular flexibility index (Phi) is 3.81. The molecular weight excluding hydrogens is 216 g/mol. The molecule has 0 saturated carbocycles. The molecule has 15 heavy (non-hydrogen) atoms. The van der Waals surface area contributed by atoms with Crippen molar-refractivity contribution < 1.29 is 13.2 Å². The molecule has 0 atom stereocenters. The molecule has 0 bridgehead atoms. The maximum absolute atomic E-state index is 11.6. The molecular formula is C9H12N2O3S. The first-order chi connectivity index (χ1) is 7.02. The second kappa shape index (κ2) is 4.90. The molecule has 0 heterocycles. The van der Waals surface area contributed by atoms with Crippen LogP contribution in [0.4, 0.5) is 0 Å². The van der Waals surface area contributed by atoms with Crippen molar-refractivity contribution in [3.05, 3.63) is 30.3 Å². The largest absolute Gasteiger partial charge is 0.343 e. The van der Waals surface area contributed by atoms with Gasteiger partial charge in [0.05, 0.1) is 11.6 Å². The van der Waals surface area contributed by atoms with Gasteiger partial charge in [0.25, 0.3) is 0 Å². The summed E-state index contributed by atoms with van der Waals surface area (Å²) in [4.78, 5) is 10.7. The third kappa shape index (κ3) is 3.69. The molecule has 0 aliphatic carbocycles. The zero-order chi connectivity index (χ0) is 11.3. The van der Waals surface area contributed by atoms with Gasteiger partial charge in [0.1, 0.15) is 0 Å². The Morgan fingerprint density at radius 1 is 1.27 bits per heavy atom. The second-order valence-electron chi connectivity index (χ2n) is 2.87. The van der Waals surface area contributed by atoms with Gasteiger partial charge in [-0.1, -0.05) is 18.2 Å². The van der Waals surface area contributed by atoms with Gasteiger partial charge in [-0.3, -0.25) is 4.79 Å². The summed E-state index contributed by atoms with van der Waals surface area (Å²) in [6, 6.07) is 7.96. The van der Waals surface area contributed by atoms with Crippen LogP contribution in [0.3, 0.4) is 0 Å². The number of benzene rings is 1. The first-order valence-corrected chi connectivity index (χ1v) is 5.80. The Bertz CT molecular complexity index is 428. The molecule has 1 rings (SSSR count). The van der Waals surface area contributed by atoms with Crippen molar-refractivity contribution in [1.29, 1.82) is 0 Å². The lowest BCUT2D eigenvalue weighted by Gasteiger charge is -2.06. The Morgan fingerprint density at radius 2 is 1.87 bits per heavy atom. The summed E-state index contributed by atoms with van der Waals surface area (Å²) < 4.78 is 25.3. The molecule has 0 unspecified atom stereocenters. The highest BCUT2D eigenvalue weighted by atomic mass is 32.2. The lowest BCUT2D eigenvalue weighted by Crippen LogP contribution is -2.36. The topological polar surface area (TPSA) is 75.3 Å². The Hall–Kier alpha value is -1.40. The number of amides is 1. The van der Waals surface area contributed by atoms with E-state index in [1.165, 1.54) is 19.1 Å². The van der Waals surface area contributed by atoms with E-state index in [9.17, 15) is 13.2 Å². The van der Waals surface area contributed by atoms with Crippen LogP contribution in [0.25, 0.3) is 0 Å². The van der Waals surface area contributed by atoms with Gasteiger partial charge in [0.15, 0.2) is 0 Å². The van der Waals surface area contributed by atoms with Gasteiger partial charge < -0.3 is 5.32 Å². The Labute approximate surface area is 88.5 Å². The van der Waals surface area contributed by atoms with Gasteiger partial charge in [-0.25, -0.2) is 8.42 Å². The number of rotatable bonds is 4. The summed E-state index contributed by atoms with van der Waals surface area (Å²) in [5, 5.41) is 2.34. The Morgan fingerprint density at radius 3 is 2.40 bits per heavy atom. The third-order valence-electron chi connectivity index (χ3n) is 1.65. The first kappa shape index (κ1) is 11.7. The SMILES string of the molecule is CC(=O)NCNS(=O)(=O)c1ccccc1. The number of hydrogen-bond acceptors (Lipinski definition) is 3. The molecule has 1 aromatic carbocycles. The van der Waals surface area contributed by atoms with Gasteiger partial charge in [-0.2, -0.15) is 4.72 Å². The van der Waals surface area contributed by atoms with Crippen molar-refractivity contribution in [2.75, 3.05) is 6.67 Å². The van der Waals surface area contributed by atoms with Crippen LogP contribution in [-0.2, 0) is 14.8 Å². The molecule has 6 heteroatoms. The zero-order valence-electron chi connectivity index (χ0n) is 8.23. The van der Waals surface area contributed by atoms with E-state index in [2.05, 4.69) is 10.0 Å². The molecule has 0 radical (unpaired) electrons. The molecule has 2 N–H and O–H groups in total. The van der Waals surface area contributed by atoms with Crippen LogP contribution in [-0.4, -0.2) is 21.0 Å². The van der Waals surface area contributed by atoms with Gasteiger partial charge in [-0.05, 0) is 12.1 Å². The molecule has 1 aromatic rings. The minimum absolute atomic E-state index is 0.105. The standard InChI is InChI=1S/C9H12N2O3S/c1-8(12)10-7-11-15(13,14)9-5-3-2-4-6-9/h2-6,11H,7H2,1H3,(H,10,12).